The predicted molar refractivity (Wildman–Crippen MR) is 85.6 cm³/mol. The zero-order valence-corrected chi connectivity index (χ0v) is 13.2. The molecule has 134 valence electrons. The van der Waals surface area contributed by atoms with Gasteiger partial charge in [-0.15, -0.1) is 0 Å². The summed E-state index contributed by atoms with van der Waals surface area (Å²) in [6.45, 7) is -0.243. The van der Waals surface area contributed by atoms with Gasteiger partial charge in [0.15, 0.2) is 6.79 Å². The average Bonchev–Trinajstić information content (AvgIpc) is 2.65. The van der Waals surface area contributed by atoms with Crippen molar-refractivity contribution in [1.82, 2.24) is 0 Å². The molecule has 0 aromatic heterocycles. The van der Waals surface area contributed by atoms with Crippen LogP contribution in [0.2, 0.25) is 0 Å². The number of nitro groups is 2. The van der Waals surface area contributed by atoms with Crippen molar-refractivity contribution in [2.75, 3.05) is 6.79 Å². The third kappa shape index (κ3) is 3.44. The number of esters is 1. The number of nitrogens with zero attached hydrogens (tertiary/aromatic N) is 2. The Labute approximate surface area is 146 Å². The SMILES string of the molecule is O=C(OCc1cc([N+](=O)[O-])cc2c1OCOC2)c1ccccc1[N+](=O)[O-]. The number of benzene rings is 2. The van der Waals surface area contributed by atoms with Gasteiger partial charge >= 0.3 is 5.97 Å². The highest BCUT2D eigenvalue weighted by atomic mass is 16.7. The van der Waals surface area contributed by atoms with Crippen LogP contribution in [0.1, 0.15) is 21.5 Å². The zero-order chi connectivity index (χ0) is 18.7. The summed E-state index contributed by atoms with van der Waals surface area (Å²) < 4.78 is 15.6. The van der Waals surface area contributed by atoms with Crippen molar-refractivity contribution < 1.29 is 28.9 Å². The van der Waals surface area contributed by atoms with E-state index in [1.54, 1.807) is 0 Å². The van der Waals surface area contributed by atoms with Gasteiger partial charge in [-0.25, -0.2) is 4.79 Å². The number of hydrogen-bond acceptors (Lipinski definition) is 8. The highest BCUT2D eigenvalue weighted by Crippen LogP contribution is 2.33. The molecule has 0 fully saturated rings. The fraction of sp³-hybridized carbons (Fsp3) is 0.188. The number of fused-ring (bicyclic) bond motifs is 1. The Morgan fingerprint density at radius 2 is 1.92 bits per heavy atom. The van der Waals surface area contributed by atoms with E-state index in [0.717, 1.165) is 0 Å². The number of non-ortho nitro benzene ring substituents is 1. The predicted octanol–water partition coefficient (Wildman–Crippen LogP) is 2.73. The molecule has 2 aromatic carbocycles. The second kappa shape index (κ2) is 7.15. The Kier molecular flexibility index (Phi) is 4.76. The molecule has 0 saturated heterocycles. The van der Waals surface area contributed by atoms with E-state index in [-0.39, 0.29) is 42.5 Å². The lowest BCUT2D eigenvalue weighted by molar-refractivity contribution is -0.385. The van der Waals surface area contributed by atoms with Crippen molar-refractivity contribution in [2.45, 2.75) is 13.2 Å². The van der Waals surface area contributed by atoms with Gasteiger partial charge in [0.1, 0.15) is 17.9 Å². The molecule has 0 radical (unpaired) electrons. The number of para-hydroxylation sites is 1. The van der Waals surface area contributed by atoms with Gasteiger partial charge in [0.2, 0.25) is 0 Å². The summed E-state index contributed by atoms with van der Waals surface area (Å²) in [7, 11) is 0. The van der Waals surface area contributed by atoms with Crippen molar-refractivity contribution in [1.29, 1.82) is 0 Å². The van der Waals surface area contributed by atoms with E-state index >= 15 is 0 Å². The maximum absolute atomic E-state index is 12.2. The minimum absolute atomic E-state index is 0.0318. The number of nitro benzene ring substituents is 2. The van der Waals surface area contributed by atoms with Gasteiger partial charge in [0.05, 0.1) is 16.5 Å². The monoisotopic (exact) mass is 360 g/mol. The van der Waals surface area contributed by atoms with Crippen LogP contribution < -0.4 is 4.74 Å². The summed E-state index contributed by atoms with van der Waals surface area (Å²) in [6, 6.07) is 7.91. The van der Waals surface area contributed by atoms with E-state index in [0.29, 0.717) is 11.3 Å². The van der Waals surface area contributed by atoms with E-state index in [2.05, 4.69) is 0 Å². The Balaban J connectivity index is 1.86. The van der Waals surface area contributed by atoms with Crippen LogP contribution >= 0.6 is 0 Å². The first kappa shape index (κ1) is 17.3. The first-order chi connectivity index (χ1) is 12.5. The molecular formula is C16H12N2O8. The molecule has 26 heavy (non-hydrogen) atoms. The summed E-state index contributed by atoms with van der Waals surface area (Å²) in [5, 5.41) is 22.1. The summed E-state index contributed by atoms with van der Waals surface area (Å²) in [5.41, 5.74) is -0.0505. The van der Waals surface area contributed by atoms with E-state index in [9.17, 15) is 25.0 Å². The smallest absolute Gasteiger partial charge is 0.345 e. The molecule has 0 amide bonds. The Morgan fingerprint density at radius 3 is 2.65 bits per heavy atom. The van der Waals surface area contributed by atoms with Crippen LogP contribution in [0.4, 0.5) is 11.4 Å². The summed E-state index contributed by atoms with van der Waals surface area (Å²) in [4.78, 5) is 33.0. The fourth-order valence-corrected chi connectivity index (χ4v) is 2.52. The third-order valence-electron chi connectivity index (χ3n) is 3.66. The number of carbonyl (C=O) groups excluding carboxylic acids is 1. The lowest BCUT2D eigenvalue weighted by Crippen LogP contribution is -2.15. The maximum Gasteiger partial charge on any atom is 0.345 e. The van der Waals surface area contributed by atoms with Crippen LogP contribution in [0.3, 0.4) is 0 Å². The number of rotatable bonds is 5. The van der Waals surface area contributed by atoms with Crippen LogP contribution in [0, 0.1) is 20.2 Å². The zero-order valence-electron chi connectivity index (χ0n) is 13.2. The number of hydrogen-bond donors (Lipinski definition) is 0. The standard InChI is InChI=1S/C16H12N2O8/c19-16(13-3-1-2-4-14(13)18(22)23)25-8-11-6-12(17(20)21)5-10-7-24-9-26-15(10)11/h1-6H,7-9H2. The third-order valence-corrected chi connectivity index (χ3v) is 3.66. The van der Waals surface area contributed by atoms with Gasteiger partial charge in [-0.3, -0.25) is 20.2 Å². The highest BCUT2D eigenvalue weighted by Gasteiger charge is 2.24. The normalized spacial score (nSPS) is 12.6. The molecule has 1 heterocycles. The summed E-state index contributed by atoms with van der Waals surface area (Å²) in [5.74, 6) is -0.568. The topological polar surface area (TPSA) is 131 Å². The minimum Gasteiger partial charge on any atom is -0.467 e. The lowest BCUT2D eigenvalue weighted by atomic mass is 10.1. The van der Waals surface area contributed by atoms with Crippen molar-refractivity contribution >= 4 is 17.3 Å². The number of ether oxygens (including phenoxy) is 3. The minimum atomic E-state index is -0.912. The molecule has 0 saturated carbocycles. The molecule has 10 heteroatoms. The van der Waals surface area contributed by atoms with Crippen molar-refractivity contribution in [3.05, 3.63) is 73.3 Å². The van der Waals surface area contributed by atoms with Crippen LogP contribution in [0.5, 0.6) is 5.75 Å². The Hall–Kier alpha value is -3.53. The molecule has 2 aromatic rings. The molecule has 0 spiro atoms. The van der Waals surface area contributed by atoms with E-state index in [1.165, 1.54) is 36.4 Å². The molecular weight excluding hydrogens is 348 g/mol. The van der Waals surface area contributed by atoms with Gasteiger partial charge in [0.25, 0.3) is 11.4 Å². The Bertz CT molecular complexity index is 896. The maximum atomic E-state index is 12.2. The van der Waals surface area contributed by atoms with Crippen LogP contribution in [-0.4, -0.2) is 22.6 Å². The molecule has 0 N–H and O–H groups in total. The van der Waals surface area contributed by atoms with Gasteiger partial charge < -0.3 is 14.2 Å². The van der Waals surface area contributed by atoms with Crippen LogP contribution in [0.15, 0.2) is 36.4 Å². The lowest BCUT2D eigenvalue weighted by Gasteiger charge is -2.20. The fourth-order valence-electron chi connectivity index (χ4n) is 2.52. The van der Waals surface area contributed by atoms with Crippen molar-refractivity contribution in [2.24, 2.45) is 0 Å². The molecule has 3 rings (SSSR count). The molecule has 0 atom stereocenters. The van der Waals surface area contributed by atoms with E-state index < -0.39 is 15.8 Å². The second-order valence-corrected chi connectivity index (χ2v) is 5.31. The largest absolute Gasteiger partial charge is 0.467 e. The van der Waals surface area contributed by atoms with Gasteiger partial charge in [-0.05, 0) is 6.07 Å². The Morgan fingerprint density at radius 1 is 1.15 bits per heavy atom. The molecule has 0 aliphatic carbocycles. The van der Waals surface area contributed by atoms with Gasteiger partial charge in [0, 0.05) is 29.3 Å². The van der Waals surface area contributed by atoms with Gasteiger partial charge in [-0.1, -0.05) is 12.1 Å². The van der Waals surface area contributed by atoms with E-state index in [4.69, 9.17) is 14.2 Å². The average molecular weight is 360 g/mol. The highest BCUT2D eigenvalue weighted by molar-refractivity contribution is 5.93. The van der Waals surface area contributed by atoms with Crippen LogP contribution in [-0.2, 0) is 22.7 Å². The summed E-state index contributed by atoms with van der Waals surface area (Å²) >= 11 is 0. The van der Waals surface area contributed by atoms with Crippen molar-refractivity contribution in [3.63, 3.8) is 0 Å². The molecule has 1 aliphatic rings. The summed E-state index contributed by atoms with van der Waals surface area (Å²) in [6.07, 6.45) is 0. The number of carbonyl (C=O) groups is 1. The van der Waals surface area contributed by atoms with Gasteiger partial charge in [-0.2, -0.15) is 0 Å². The quantitative estimate of drug-likeness (QED) is 0.452. The first-order valence-electron chi connectivity index (χ1n) is 7.38. The molecule has 0 unspecified atom stereocenters. The molecule has 0 bridgehead atoms. The first-order valence-corrected chi connectivity index (χ1v) is 7.38. The second-order valence-electron chi connectivity index (χ2n) is 5.31. The van der Waals surface area contributed by atoms with E-state index in [1.807, 2.05) is 0 Å². The molecule has 1 aliphatic heterocycles. The van der Waals surface area contributed by atoms with Crippen molar-refractivity contribution in [3.8, 4) is 5.75 Å². The van der Waals surface area contributed by atoms with Crippen LogP contribution in [0.25, 0.3) is 0 Å². The molecule has 10 nitrogen and oxygen atoms in total.